The van der Waals surface area contributed by atoms with Crippen LogP contribution in [0.15, 0.2) is 24.3 Å². The van der Waals surface area contributed by atoms with E-state index in [-0.39, 0.29) is 36.2 Å². The first kappa shape index (κ1) is 18.7. The van der Waals surface area contributed by atoms with Gasteiger partial charge in [-0.2, -0.15) is 0 Å². The van der Waals surface area contributed by atoms with Gasteiger partial charge in [0.2, 0.25) is 5.91 Å². The average Bonchev–Trinajstić information content (AvgIpc) is 3.00. The number of halogens is 1. The van der Waals surface area contributed by atoms with Crippen molar-refractivity contribution in [2.45, 2.75) is 44.1 Å². The molecule has 1 aromatic rings. The number of rotatable bonds is 4. The minimum atomic E-state index is -0.912. The third kappa shape index (κ3) is 3.57. The van der Waals surface area contributed by atoms with Crippen molar-refractivity contribution < 1.29 is 14.7 Å². The molecule has 0 spiro atoms. The van der Waals surface area contributed by atoms with Crippen LogP contribution < -0.4 is 11.1 Å². The Bertz CT molecular complexity index is 602. The molecule has 132 valence electrons. The van der Waals surface area contributed by atoms with Crippen LogP contribution in [-0.2, 0) is 4.79 Å². The van der Waals surface area contributed by atoms with Crippen molar-refractivity contribution in [1.29, 1.82) is 0 Å². The normalized spacial score (nSPS) is 27.4. The number of nitrogens with one attached hydrogen (secondary N) is 1. The van der Waals surface area contributed by atoms with E-state index in [1.165, 1.54) is 19.3 Å². The van der Waals surface area contributed by atoms with E-state index >= 15 is 0 Å². The van der Waals surface area contributed by atoms with Crippen molar-refractivity contribution >= 4 is 24.3 Å². The summed E-state index contributed by atoms with van der Waals surface area (Å²) in [5, 5.41) is 12.7. The second-order valence-electron chi connectivity index (χ2n) is 6.76. The van der Waals surface area contributed by atoms with Crippen LogP contribution in [0.3, 0.4) is 0 Å². The van der Waals surface area contributed by atoms with Crippen molar-refractivity contribution in [3.63, 3.8) is 0 Å². The van der Waals surface area contributed by atoms with Crippen LogP contribution in [0.4, 0.5) is 0 Å². The molecule has 1 saturated carbocycles. The number of amides is 1. The summed E-state index contributed by atoms with van der Waals surface area (Å²) in [4.78, 5) is 23.5. The molecule has 1 aromatic carbocycles. The van der Waals surface area contributed by atoms with Gasteiger partial charge in [-0.25, -0.2) is 4.79 Å². The number of hydrogen-bond donors (Lipinski definition) is 3. The maximum atomic E-state index is 11.9. The van der Waals surface area contributed by atoms with Gasteiger partial charge >= 0.3 is 5.97 Å². The fraction of sp³-hybridized carbons (Fsp3) is 0.556. The molecule has 2 aliphatic rings. The molecule has 1 unspecified atom stereocenters. The Morgan fingerprint density at radius 1 is 1.12 bits per heavy atom. The van der Waals surface area contributed by atoms with Crippen molar-refractivity contribution in [2.24, 2.45) is 17.6 Å². The molecule has 1 heterocycles. The van der Waals surface area contributed by atoms with Crippen LogP contribution in [-0.4, -0.2) is 29.6 Å². The highest BCUT2D eigenvalue weighted by Crippen LogP contribution is 2.43. The van der Waals surface area contributed by atoms with Crippen LogP contribution in [0.5, 0.6) is 0 Å². The minimum Gasteiger partial charge on any atom is -0.478 e. The lowest BCUT2D eigenvalue weighted by molar-refractivity contribution is -0.121. The van der Waals surface area contributed by atoms with E-state index in [2.05, 4.69) is 5.32 Å². The third-order valence-electron chi connectivity index (χ3n) is 5.50. The Labute approximate surface area is 148 Å². The number of benzene rings is 1. The summed E-state index contributed by atoms with van der Waals surface area (Å²) in [6.07, 6.45) is 5.80. The van der Waals surface area contributed by atoms with E-state index in [0.29, 0.717) is 18.0 Å². The molecule has 1 saturated heterocycles. The Kier molecular flexibility index (Phi) is 6.24. The summed E-state index contributed by atoms with van der Waals surface area (Å²) < 4.78 is 0. The molecule has 0 bridgehead atoms. The summed E-state index contributed by atoms with van der Waals surface area (Å²) in [5.41, 5.74) is 6.78. The molecule has 1 aliphatic carbocycles. The molecule has 4 N–H and O–H groups in total. The van der Waals surface area contributed by atoms with Crippen molar-refractivity contribution in [2.75, 3.05) is 6.54 Å². The summed E-state index contributed by atoms with van der Waals surface area (Å²) in [6.45, 7) is 0.610. The molecule has 5 nitrogen and oxygen atoms in total. The summed E-state index contributed by atoms with van der Waals surface area (Å²) in [5.74, 6) is -0.680. The average molecular weight is 353 g/mol. The van der Waals surface area contributed by atoms with Gasteiger partial charge in [-0.3, -0.25) is 4.79 Å². The Morgan fingerprint density at radius 2 is 1.79 bits per heavy atom. The molecule has 1 amide bonds. The molecule has 0 aromatic heterocycles. The highest BCUT2D eigenvalue weighted by atomic mass is 35.5. The fourth-order valence-corrected chi connectivity index (χ4v) is 4.50. The van der Waals surface area contributed by atoms with Crippen molar-refractivity contribution in [3.05, 3.63) is 35.4 Å². The fourth-order valence-electron chi connectivity index (χ4n) is 4.50. The van der Waals surface area contributed by atoms with Gasteiger partial charge in [0.05, 0.1) is 11.6 Å². The van der Waals surface area contributed by atoms with E-state index in [1.807, 2.05) is 12.1 Å². The van der Waals surface area contributed by atoms with Gasteiger partial charge in [0.1, 0.15) is 0 Å². The molecule has 0 radical (unpaired) electrons. The molecule has 24 heavy (non-hydrogen) atoms. The zero-order chi connectivity index (χ0) is 16.4. The number of nitrogens with two attached hydrogens (primary N) is 1. The van der Waals surface area contributed by atoms with E-state index < -0.39 is 5.97 Å². The maximum absolute atomic E-state index is 11.9. The summed E-state index contributed by atoms with van der Waals surface area (Å²) in [7, 11) is 0. The third-order valence-corrected chi connectivity index (χ3v) is 5.50. The first-order valence-corrected chi connectivity index (χ1v) is 8.44. The van der Waals surface area contributed by atoms with Gasteiger partial charge in [0.25, 0.3) is 0 Å². The van der Waals surface area contributed by atoms with Gasteiger partial charge in [-0.15, -0.1) is 12.4 Å². The molecular weight excluding hydrogens is 328 g/mol. The summed E-state index contributed by atoms with van der Waals surface area (Å²) in [6, 6.07) is 6.79. The molecule has 2 fully saturated rings. The molecule has 3 rings (SSSR count). The van der Waals surface area contributed by atoms with Crippen LogP contribution in [0.2, 0.25) is 0 Å². The monoisotopic (exact) mass is 352 g/mol. The van der Waals surface area contributed by atoms with Crippen LogP contribution in [0.1, 0.15) is 53.9 Å². The number of carboxylic acids is 1. The Morgan fingerprint density at radius 3 is 2.42 bits per heavy atom. The lowest BCUT2D eigenvalue weighted by Gasteiger charge is -2.34. The first-order valence-electron chi connectivity index (χ1n) is 8.44. The largest absolute Gasteiger partial charge is 0.478 e. The molecule has 1 aliphatic heterocycles. The molecule has 3 atom stereocenters. The number of primary amides is 1. The first-order chi connectivity index (χ1) is 11.1. The van der Waals surface area contributed by atoms with Gasteiger partial charge < -0.3 is 16.2 Å². The Balaban J connectivity index is 0.00000208. The van der Waals surface area contributed by atoms with Crippen LogP contribution in [0.25, 0.3) is 0 Å². The van der Waals surface area contributed by atoms with Crippen molar-refractivity contribution in [1.82, 2.24) is 5.32 Å². The van der Waals surface area contributed by atoms with Gasteiger partial charge in [0, 0.05) is 12.5 Å². The minimum absolute atomic E-state index is 0. The Hall–Kier alpha value is -1.59. The van der Waals surface area contributed by atoms with Crippen LogP contribution >= 0.6 is 12.4 Å². The molecular formula is C18H25ClN2O3. The zero-order valence-electron chi connectivity index (χ0n) is 13.6. The van der Waals surface area contributed by atoms with Gasteiger partial charge in [-0.1, -0.05) is 50.3 Å². The van der Waals surface area contributed by atoms with Crippen LogP contribution in [0, 0.1) is 11.8 Å². The number of carbonyl (C=O) groups is 2. The van der Waals surface area contributed by atoms with E-state index in [9.17, 15) is 14.7 Å². The summed E-state index contributed by atoms with van der Waals surface area (Å²) >= 11 is 0. The zero-order valence-corrected chi connectivity index (χ0v) is 14.4. The number of aromatic carboxylic acids is 1. The lowest BCUT2D eigenvalue weighted by atomic mass is 9.70. The lowest BCUT2D eigenvalue weighted by Crippen LogP contribution is -2.43. The van der Waals surface area contributed by atoms with E-state index in [4.69, 9.17) is 5.73 Å². The maximum Gasteiger partial charge on any atom is 0.335 e. The highest BCUT2D eigenvalue weighted by Gasteiger charge is 2.45. The highest BCUT2D eigenvalue weighted by molar-refractivity contribution is 5.90. The predicted octanol–water partition coefficient (Wildman–Crippen LogP) is 2.54. The topological polar surface area (TPSA) is 92.4 Å². The predicted molar refractivity (Wildman–Crippen MR) is 94.4 cm³/mol. The standard InChI is InChI=1S/C18H24N2O3.ClH/c19-17(21)16-15(11-6-2-1-3-7-11)14(10-20-16)12-8-4-5-9-13(12)18(22)23;/h4-5,8-9,11,14-16,20H,1-3,6-7,10H2,(H2,19,21)(H,22,23);1H/t14?,15-,16+;/m1./s1. The number of hydrogen-bond acceptors (Lipinski definition) is 3. The van der Waals surface area contributed by atoms with E-state index in [1.54, 1.807) is 12.1 Å². The number of carboxylic acid groups (broad SMARTS) is 1. The van der Waals surface area contributed by atoms with Gasteiger partial charge in [0.15, 0.2) is 0 Å². The van der Waals surface area contributed by atoms with E-state index in [0.717, 1.165) is 18.4 Å². The number of carbonyl (C=O) groups excluding carboxylic acids is 1. The smallest absolute Gasteiger partial charge is 0.335 e. The second-order valence-corrected chi connectivity index (χ2v) is 6.76. The molecule has 6 heteroatoms. The SMILES string of the molecule is Cl.NC(=O)[C@H]1NCC(c2ccccc2C(=O)O)[C@H]1C1CCCCC1. The van der Waals surface area contributed by atoms with Crippen molar-refractivity contribution in [3.8, 4) is 0 Å². The second kappa shape index (κ2) is 7.99. The van der Waals surface area contributed by atoms with Gasteiger partial charge in [-0.05, 0) is 23.5 Å². The quantitative estimate of drug-likeness (QED) is 0.776.